The summed E-state index contributed by atoms with van der Waals surface area (Å²) in [5.41, 5.74) is 0. The lowest BCUT2D eigenvalue weighted by Gasteiger charge is -2.17. The molecule has 0 aromatic rings. The van der Waals surface area contributed by atoms with E-state index in [0.29, 0.717) is 5.92 Å². The van der Waals surface area contributed by atoms with Gasteiger partial charge in [0.2, 0.25) is 0 Å². The summed E-state index contributed by atoms with van der Waals surface area (Å²) in [6.07, 6.45) is 11.3. The van der Waals surface area contributed by atoms with E-state index < -0.39 is 0 Å². The van der Waals surface area contributed by atoms with E-state index >= 15 is 0 Å². The van der Waals surface area contributed by atoms with Crippen molar-refractivity contribution < 1.29 is 4.84 Å². The number of nitrogens with zero attached hydrogens (tertiary/aromatic N) is 1. The molecule has 1 aliphatic carbocycles. The van der Waals surface area contributed by atoms with Crippen LogP contribution in [0.3, 0.4) is 0 Å². The zero-order valence-corrected chi connectivity index (χ0v) is 5.60. The summed E-state index contributed by atoms with van der Waals surface area (Å²) in [5.74, 6) is 0.480. The highest BCUT2D eigenvalue weighted by atomic mass is 16.6. The van der Waals surface area contributed by atoms with Gasteiger partial charge < -0.3 is 4.84 Å². The molecule has 2 rings (SSSR count). The molecular weight excluding hydrogens is 126 g/mol. The van der Waals surface area contributed by atoms with Gasteiger partial charge in [0, 0.05) is 12.3 Å². The van der Waals surface area contributed by atoms with E-state index in [2.05, 4.69) is 11.2 Å². The van der Waals surface area contributed by atoms with Gasteiger partial charge in [-0.15, -0.1) is 0 Å². The van der Waals surface area contributed by atoms with Crippen LogP contribution in [0.5, 0.6) is 0 Å². The van der Waals surface area contributed by atoms with Crippen molar-refractivity contribution >= 4 is 6.21 Å². The van der Waals surface area contributed by atoms with Gasteiger partial charge in [-0.25, -0.2) is 0 Å². The standard InChI is InChI=1S/C8H9NO/c1-2-4-8-5-7(3-1)6-9-10-8/h1-4,6-8H,5H2. The maximum atomic E-state index is 5.07. The summed E-state index contributed by atoms with van der Waals surface area (Å²) in [7, 11) is 0. The first-order valence-corrected chi connectivity index (χ1v) is 3.49. The third kappa shape index (κ3) is 0.967. The highest BCUT2D eigenvalue weighted by Crippen LogP contribution is 2.18. The Labute approximate surface area is 59.9 Å². The van der Waals surface area contributed by atoms with E-state index in [1.54, 1.807) is 0 Å². The maximum absolute atomic E-state index is 5.07. The Hall–Kier alpha value is -1.05. The molecule has 2 bridgehead atoms. The largest absolute Gasteiger partial charge is 0.389 e. The predicted octanol–water partition coefficient (Wildman–Crippen LogP) is 1.50. The van der Waals surface area contributed by atoms with Gasteiger partial charge in [-0.05, 0) is 6.08 Å². The van der Waals surface area contributed by atoms with Crippen molar-refractivity contribution in [3.05, 3.63) is 24.3 Å². The number of rotatable bonds is 0. The van der Waals surface area contributed by atoms with Gasteiger partial charge >= 0.3 is 0 Å². The monoisotopic (exact) mass is 135 g/mol. The first kappa shape index (κ1) is 5.71. The van der Waals surface area contributed by atoms with Crippen LogP contribution >= 0.6 is 0 Å². The van der Waals surface area contributed by atoms with Gasteiger partial charge in [0.15, 0.2) is 0 Å². The van der Waals surface area contributed by atoms with Gasteiger partial charge in [-0.1, -0.05) is 23.4 Å². The summed E-state index contributed by atoms with van der Waals surface area (Å²) >= 11 is 0. The predicted molar refractivity (Wildman–Crippen MR) is 39.8 cm³/mol. The van der Waals surface area contributed by atoms with Crippen LogP contribution in [0.2, 0.25) is 0 Å². The van der Waals surface area contributed by atoms with E-state index in [-0.39, 0.29) is 6.10 Å². The average Bonchev–Trinajstić information content (AvgIpc) is 2.12. The molecule has 52 valence electrons. The molecule has 0 radical (unpaired) electrons. The lowest BCUT2D eigenvalue weighted by molar-refractivity contribution is 0.0725. The van der Waals surface area contributed by atoms with Crippen molar-refractivity contribution in [1.82, 2.24) is 0 Å². The summed E-state index contributed by atoms with van der Waals surface area (Å²) in [6.45, 7) is 0. The normalized spacial score (nSPS) is 35.2. The van der Waals surface area contributed by atoms with Crippen LogP contribution in [0.1, 0.15) is 6.42 Å². The Bertz CT molecular complexity index is 205. The van der Waals surface area contributed by atoms with Crippen molar-refractivity contribution in [2.75, 3.05) is 0 Å². The van der Waals surface area contributed by atoms with Crippen LogP contribution in [-0.4, -0.2) is 12.3 Å². The second-order valence-corrected chi connectivity index (χ2v) is 2.57. The lowest BCUT2D eigenvalue weighted by atomic mass is 10.0. The highest BCUT2D eigenvalue weighted by molar-refractivity contribution is 5.63. The van der Waals surface area contributed by atoms with Crippen molar-refractivity contribution in [2.24, 2.45) is 11.1 Å². The fraction of sp³-hybridized carbons (Fsp3) is 0.375. The minimum Gasteiger partial charge on any atom is -0.389 e. The van der Waals surface area contributed by atoms with Gasteiger partial charge in [0.05, 0.1) is 6.21 Å². The fourth-order valence-corrected chi connectivity index (χ4v) is 1.20. The van der Waals surface area contributed by atoms with Crippen molar-refractivity contribution in [3.63, 3.8) is 0 Å². The summed E-state index contributed by atoms with van der Waals surface area (Å²) in [5, 5.41) is 3.79. The Morgan fingerprint density at radius 1 is 1.30 bits per heavy atom. The van der Waals surface area contributed by atoms with Gasteiger partial charge in [-0.2, -0.15) is 0 Å². The average molecular weight is 135 g/mol. The second kappa shape index (κ2) is 2.29. The molecule has 1 heterocycles. The molecule has 0 fully saturated rings. The van der Waals surface area contributed by atoms with Crippen molar-refractivity contribution in [2.45, 2.75) is 12.5 Å². The maximum Gasteiger partial charge on any atom is 0.146 e. The molecule has 0 amide bonds. The topological polar surface area (TPSA) is 21.6 Å². The molecule has 0 N–H and O–H groups in total. The molecule has 2 heteroatoms. The fourth-order valence-electron chi connectivity index (χ4n) is 1.20. The lowest BCUT2D eigenvalue weighted by Crippen LogP contribution is -2.17. The Kier molecular flexibility index (Phi) is 1.31. The molecule has 2 unspecified atom stereocenters. The smallest absolute Gasteiger partial charge is 0.146 e. The summed E-state index contributed by atoms with van der Waals surface area (Å²) in [4.78, 5) is 5.07. The first-order chi connectivity index (χ1) is 4.95. The molecule has 2 aliphatic rings. The molecule has 10 heavy (non-hydrogen) atoms. The Morgan fingerprint density at radius 3 is 3.20 bits per heavy atom. The van der Waals surface area contributed by atoms with Crippen LogP contribution in [0.15, 0.2) is 29.5 Å². The molecular formula is C8H9NO. The van der Waals surface area contributed by atoms with Gasteiger partial charge in [-0.3, -0.25) is 0 Å². The van der Waals surface area contributed by atoms with Crippen molar-refractivity contribution in [3.8, 4) is 0 Å². The molecule has 0 spiro atoms. The quantitative estimate of drug-likeness (QED) is 0.493. The van der Waals surface area contributed by atoms with Gasteiger partial charge in [0.25, 0.3) is 0 Å². The van der Waals surface area contributed by atoms with E-state index in [9.17, 15) is 0 Å². The SMILES string of the molecule is C1=CC2C=NOC(C=C1)C2. The molecule has 0 saturated heterocycles. The van der Waals surface area contributed by atoms with E-state index in [0.717, 1.165) is 6.42 Å². The summed E-state index contributed by atoms with van der Waals surface area (Å²) < 4.78 is 0. The minimum absolute atomic E-state index is 0.199. The van der Waals surface area contributed by atoms with Crippen LogP contribution in [0.4, 0.5) is 0 Å². The molecule has 2 atom stereocenters. The van der Waals surface area contributed by atoms with E-state index in [1.807, 2.05) is 24.4 Å². The molecule has 0 aromatic heterocycles. The van der Waals surface area contributed by atoms with E-state index in [4.69, 9.17) is 4.84 Å². The Balaban J connectivity index is 2.25. The van der Waals surface area contributed by atoms with Crippen LogP contribution in [0.25, 0.3) is 0 Å². The highest BCUT2D eigenvalue weighted by Gasteiger charge is 2.17. The summed E-state index contributed by atoms with van der Waals surface area (Å²) in [6, 6.07) is 0. The molecule has 0 saturated carbocycles. The minimum atomic E-state index is 0.199. The number of allylic oxidation sites excluding steroid dienone is 3. The van der Waals surface area contributed by atoms with Crippen molar-refractivity contribution in [1.29, 1.82) is 0 Å². The number of hydrogen-bond acceptors (Lipinski definition) is 2. The first-order valence-electron chi connectivity index (χ1n) is 3.49. The van der Waals surface area contributed by atoms with Crippen LogP contribution in [0, 0.1) is 5.92 Å². The number of fused-ring (bicyclic) bond motifs is 2. The number of hydrogen-bond donors (Lipinski definition) is 0. The zero-order valence-electron chi connectivity index (χ0n) is 5.60. The third-order valence-electron chi connectivity index (χ3n) is 1.75. The third-order valence-corrected chi connectivity index (χ3v) is 1.75. The zero-order chi connectivity index (χ0) is 6.81. The number of oxime groups is 1. The molecule has 1 aliphatic heterocycles. The van der Waals surface area contributed by atoms with Crippen LogP contribution < -0.4 is 0 Å². The van der Waals surface area contributed by atoms with Gasteiger partial charge in [0.1, 0.15) is 6.10 Å². The van der Waals surface area contributed by atoms with E-state index in [1.165, 1.54) is 0 Å². The molecule has 2 nitrogen and oxygen atoms in total. The Morgan fingerprint density at radius 2 is 2.20 bits per heavy atom. The van der Waals surface area contributed by atoms with Crippen LogP contribution in [-0.2, 0) is 4.84 Å². The molecule has 0 aromatic carbocycles. The second-order valence-electron chi connectivity index (χ2n) is 2.57.